The summed E-state index contributed by atoms with van der Waals surface area (Å²) in [5.41, 5.74) is 11.3. The molecule has 0 bridgehead atoms. The highest BCUT2D eigenvalue weighted by molar-refractivity contribution is 7.26. The lowest BCUT2D eigenvalue weighted by molar-refractivity contribution is 0.674. The fourth-order valence-corrected chi connectivity index (χ4v) is 9.50. The minimum Gasteiger partial charge on any atom is -0.344 e. The Kier molecular flexibility index (Phi) is 7.71. The second-order valence-electron chi connectivity index (χ2n) is 14.2. The molecule has 0 saturated carbocycles. The Morgan fingerprint density at radius 2 is 1.14 bits per heavy atom. The molecule has 3 heterocycles. The van der Waals surface area contributed by atoms with E-state index in [1.807, 2.05) is 35.6 Å². The summed E-state index contributed by atoms with van der Waals surface area (Å²) in [5.74, 6) is 1.51. The number of benzene rings is 8. The van der Waals surface area contributed by atoms with Gasteiger partial charge in [-0.25, -0.2) is 9.98 Å². The molecule has 8 aromatic carbocycles. The molecule has 1 aliphatic rings. The Bertz CT molecular complexity index is 3160. The standard InChI is InChI=1S/C51H34N4S/c1-4-15-33(16-5-1)49-52-50(34-17-6-2-7-18-34)54-51(53-49)37-20-12-19-35(31-37)39-24-14-27-45-47(39)43-32-36(29-30-44(43)55(45)38-21-8-3-9-22-38)40-25-13-26-42-41-23-10-11-28-46(41)56-48(40)42/h1-32,49H,(H,52,53,54). The van der Waals surface area contributed by atoms with Crippen LogP contribution in [0.4, 0.5) is 0 Å². The van der Waals surface area contributed by atoms with E-state index < -0.39 is 0 Å². The zero-order valence-corrected chi connectivity index (χ0v) is 31.1. The Hall–Kier alpha value is -7.08. The Morgan fingerprint density at radius 3 is 2.00 bits per heavy atom. The lowest BCUT2D eigenvalue weighted by Crippen LogP contribution is -2.33. The smallest absolute Gasteiger partial charge is 0.159 e. The first-order valence-electron chi connectivity index (χ1n) is 18.9. The molecule has 264 valence electrons. The van der Waals surface area contributed by atoms with Crippen molar-refractivity contribution in [2.24, 2.45) is 9.98 Å². The minimum absolute atomic E-state index is 0.265. The van der Waals surface area contributed by atoms with Gasteiger partial charge in [-0.1, -0.05) is 152 Å². The molecule has 0 radical (unpaired) electrons. The van der Waals surface area contributed by atoms with E-state index in [0.717, 1.165) is 33.8 Å². The van der Waals surface area contributed by atoms with E-state index in [2.05, 4.69) is 180 Å². The predicted molar refractivity (Wildman–Crippen MR) is 236 cm³/mol. The Balaban J connectivity index is 1.11. The number of amidine groups is 2. The van der Waals surface area contributed by atoms with Gasteiger partial charge in [0.2, 0.25) is 0 Å². The van der Waals surface area contributed by atoms with Crippen LogP contribution in [0.2, 0.25) is 0 Å². The average molecular weight is 735 g/mol. The van der Waals surface area contributed by atoms with Crippen molar-refractivity contribution >= 4 is 65.0 Å². The van der Waals surface area contributed by atoms with Gasteiger partial charge in [-0.3, -0.25) is 0 Å². The van der Waals surface area contributed by atoms with Gasteiger partial charge in [-0.05, 0) is 70.3 Å². The topological polar surface area (TPSA) is 41.7 Å². The molecule has 5 heteroatoms. The molecule has 2 aromatic heterocycles. The summed E-state index contributed by atoms with van der Waals surface area (Å²) in [7, 11) is 0. The number of rotatable bonds is 6. The summed E-state index contributed by atoms with van der Waals surface area (Å²) in [6, 6.07) is 69.2. The van der Waals surface area contributed by atoms with E-state index in [9.17, 15) is 0 Å². The van der Waals surface area contributed by atoms with Crippen molar-refractivity contribution in [1.29, 1.82) is 0 Å². The van der Waals surface area contributed by atoms with Crippen LogP contribution in [0.25, 0.3) is 69.9 Å². The van der Waals surface area contributed by atoms with Crippen LogP contribution < -0.4 is 5.32 Å². The number of nitrogens with zero attached hydrogens (tertiary/aromatic N) is 3. The van der Waals surface area contributed by atoms with Crippen LogP contribution in [-0.4, -0.2) is 16.2 Å². The van der Waals surface area contributed by atoms with Crippen molar-refractivity contribution in [1.82, 2.24) is 9.88 Å². The van der Waals surface area contributed by atoms with Gasteiger partial charge in [0, 0.05) is 47.8 Å². The molecule has 0 saturated heterocycles. The highest BCUT2D eigenvalue weighted by atomic mass is 32.1. The maximum Gasteiger partial charge on any atom is 0.159 e. The molecular formula is C51H34N4S. The fraction of sp³-hybridized carbons (Fsp3) is 0.0196. The second kappa shape index (κ2) is 13.3. The third-order valence-corrected chi connectivity index (χ3v) is 12.1. The molecule has 1 aliphatic heterocycles. The lowest BCUT2D eigenvalue weighted by Gasteiger charge is -2.23. The van der Waals surface area contributed by atoms with Crippen LogP contribution >= 0.6 is 11.3 Å². The van der Waals surface area contributed by atoms with Crippen LogP contribution in [0.3, 0.4) is 0 Å². The van der Waals surface area contributed by atoms with Crippen molar-refractivity contribution < 1.29 is 0 Å². The number of hydrogen-bond donors (Lipinski definition) is 1. The maximum absolute atomic E-state index is 5.19. The van der Waals surface area contributed by atoms with Gasteiger partial charge in [0.05, 0.1) is 11.0 Å². The minimum atomic E-state index is -0.265. The van der Waals surface area contributed by atoms with Gasteiger partial charge in [-0.2, -0.15) is 0 Å². The van der Waals surface area contributed by atoms with E-state index in [4.69, 9.17) is 9.98 Å². The molecule has 4 nitrogen and oxygen atoms in total. The van der Waals surface area contributed by atoms with E-state index in [1.54, 1.807) is 0 Å². The van der Waals surface area contributed by atoms with Gasteiger partial charge in [-0.15, -0.1) is 11.3 Å². The van der Waals surface area contributed by atoms with Crippen LogP contribution in [0.15, 0.2) is 204 Å². The van der Waals surface area contributed by atoms with Crippen LogP contribution in [0.1, 0.15) is 22.9 Å². The monoisotopic (exact) mass is 734 g/mol. The number of fused-ring (bicyclic) bond motifs is 6. The second-order valence-corrected chi connectivity index (χ2v) is 15.3. The van der Waals surface area contributed by atoms with Crippen molar-refractivity contribution in [3.8, 4) is 27.9 Å². The first kappa shape index (κ1) is 32.4. The molecule has 1 N–H and O–H groups in total. The lowest BCUT2D eigenvalue weighted by atomic mass is 9.96. The maximum atomic E-state index is 5.19. The zero-order chi connectivity index (χ0) is 37.0. The average Bonchev–Trinajstić information content (AvgIpc) is 3.83. The quantitative estimate of drug-likeness (QED) is 0.182. The van der Waals surface area contributed by atoms with Gasteiger partial charge in [0.1, 0.15) is 12.0 Å². The number of thiophene rings is 1. The van der Waals surface area contributed by atoms with Crippen molar-refractivity contribution in [3.63, 3.8) is 0 Å². The van der Waals surface area contributed by atoms with Crippen molar-refractivity contribution in [3.05, 3.63) is 211 Å². The number of aromatic nitrogens is 1. The molecule has 1 atom stereocenters. The molecule has 0 spiro atoms. The number of nitrogens with one attached hydrogen (secondary N) is 1. The van der Waals surface area contributed by atoms with Gasteiger partial charge < -0.3 is 9.88 Å². The molecule has 1 unspecified atom stereocenters. The molecule has 0 amide bonds. The van der Waals surface area contributed by atoms with E-state index in [-0.39, 0.29) is 6.17 Å². The predicted octanol–water partition coefficient (Wildman–Crippen LogP) is 13.0. The molecule has 0 fully saturated rings. The largest absolute Gasteiger partial charge is 0.344 e. The zero-order valence-electron chi connectivity index (χ0n) is 30.3. The SMILES string of the molecule is c1ccc(C2=NC(c3cccc(-c4cccc5c4c4cc(-c6cccc7c6sc6ccccc67)ccc4n5-c4ccccc4)c3)=NC(c3ccccc3)N2)cc1. The van der Waals surface area contributed by atoms with Crippen LogP contribution in [0.5, 0.6) is 0 Å². The Labute approximate surface area is 328 Å². The Morgan fingerprint density at radius 1 is 0.482 bits per heavy atom. The number of para-hydroxylation sites is 1. The van der Waals surface area contributed by atoms with E-state index in [0.29, 0.717) is 5.84 Å². The highest BCUT2D eigenvalue weighted by Gasteiger charge is 2.22. The molecule has 0 aliphatic carbocycles. The van der Waals surface area contributed by atoms with Gasteiger partial charge in [0.25, 0.3) is 0 Å². The summed E-state index contributed by atoms with van der Waals surface area (Å²) < 4.78 is 5.03. The summed E-state index contributed by atoms with van der Waals surface area (Å²) in [6.45, 7) is 0. The molecule has 11 rings (SSSR count). The van der Waals surface area contributed by atoms with E-state index >= 15 is 0 Å². The summed E-state index contributed by atoms with van der Waals surface area (Å²) in [6.07, 6.45) is -0.265. The summed E-state index contributed by atoms with van der Waals surface area (Å²) in [4.78, 5) is 10.3. The summed E-state index contributed by atoms with van der Waals surface area (Å²) in [5, 5.41) is 8.65. The third-order valence-electron chi connectivity index (χ3n) is 10.9. The van der Waals surface area contributed by atoms with Gasteiger partial charge >= 0.3 is 0 Å². The summed E-state index contributed by atoms with van der Waals surface area (Å²) >= 11 is 1.88. The first-order valence-corrected chi connectivity index (χ1v) is 19.8. The van der Waals surface area contributed by atoms with Crippen LogP contribution in [0, 0.1) is 0 Å². The highest BCUT2D eigenvalue weighted by Crippen LogP contribution is 2.43. The van der Waals surface area contributed by atoms with Gasteiger partial charge in [0.15, 0.2) is 5.84 Å². The van der Waals surface area contributed by atoms with Crippen molar-refractivity contribution in [2.45, 2.75) is 6.17 Å². The van der Waals surface area contributed by atoms with Crippen molar-refractivity contribution in [2.75, 3.05) is 0 Å². The first-order chi connectivity index (χ1) is 27.8. The number of hydrogen-bond acceptors (Lipinski definition) is 4. The van der Waals surface area contributed by atoms with Crippen LogP contribution in [-0.2, 0) is 0 Å². The third kappa shape index (κ3) is 5.44. The number of aliphatic imine (C=N–C) groups is 2. The molecule has 10 aromatic rings. The fourth-order valence-electron chi connectivity index (χ4n) is 8.26. The molecule has 56 heavy (non-hydrogen) atoms. The van der Waals surface area contributed by atoms with E-state index in [1.165, 1.54) is 58.7 Å². The molecular weight excluding hydrogens is 701 g/mol. The normalized spacial score (nSPS) is 14.2.